The molecule has 1 aromatic heterocycles. The van der Waals surface area contributed by atoms with Crippen LogP contribution in [0.1, 0.15) is 16.9 Å². The highest BCUT2D eigenvalue weighted by Gasteiger charge is 2.39. The molecule has 0 fully saturated rings. The molecule has 0 bridgehead atoms. The number of fused-ring (bicyclic) bond motifs is 1. The summed E-state index contributed by atoms with van der Waals surface area (Å²) < 4.78 is 68.1. The number of ether oxygens (including phenoxy) is 4. The standard InChI is InChI=1S/C28H23F3O7/c1-15-5-7-18(11-16(15)2)36-14-24(32)37-19-8-9-20-22(13-19)38-27(28(29,30)31)25(26(20)33)17-6-10-21(34-3)23(12-17)35-4/h5-13H,14H2,1-4H3. The van der Waals surface area contributed by atoms with Crippen LogP contribution in [-0.2, 0) is 11.0 Å². The van der Waals surface area contributed by atoms with Crippen molar-refractivity contribution >= 4 is 16.9 Å². The maximum Gasteiger partial charge on any atom is 0.450 e. The van der Waals surface area contributed by atoms with Crippen LogP contribution in [0.4, 0.5) is 13.2 Å². The van der Waals surface area contributed by atoms with E-state index in [1.54, 1.807) is 12.1 Å². The summed E-state index contributed by atoms with van der Waals surface area (Å²) in [6, 6.07) is 12.8. The van der Waals surface area contributed by atoms with Gasteiger partial charge in [0, 0.05) is 6.07 Å². The zero-order valence-corrected chi connectivity index (χ0v) is 20.9. The summed E-state index contributed by atoms with van der Waals surface area (Å²) in [6.45, 7) is 3.40. The summed E-state index contributed by atoms with van der Waals surface area (Å²) in [7, 11) is 2.70. The predicted molar refractivity (Wildman–Crippen MR) is 133 cm³/mol. The van der Waals surface area contributed by atoms with Crippen LogP contribution in [-0.4, -0.2) is 26.8 Å². The maximum absolute atomic E-state index is 14.0. The van der Waals surface area contributed by atoms with Gasteiger partial charge in [0.25, 0.3) is 0 Å². The molecule has 0 radical (unpaired) electrons. The minimum absolute atomic E-state index is 0.0652. The van der Waals surface area contributed by atoms with E-state index in [1.807, 2.05) is 19.9 Å². The molecule has 198 valence electrons. The first-order valence-corrected chi connectivity index (χ1v) is 11.3. The van der Waals surface area contributed by atoms with E-state index < -0.39 is 41.1 Å². The molecule has 0 saturated heterocycles. The first-order valence-electron chi connectivity index (χ1n) is 11.3. The van der Waals surface area contributed by atoms with Crippen LogP contribution in [0.15, 0.2) is 63.8 Å². The zero-order chi connectivity index (χ0) is 27.6. The highest BCUT2D eigenvalue weighted by molar-refractivity contribution is 5.85. The van der Waals surface area contributed by atoms with Gasteiger partial charge in [0.05, 0.1) is 25.2 Å². The molecule has 1 heterocycles. The van der Waals surface area contributed by atoms with Gasteiger partial charge in [0.15, 0.2) is 18.1 Å². The second-order valence-corrected chi connectivity index (χ2v) is 8.37. The molecule has 38 heavy (non-hydrogen) atoms. The van der Waals surface area contributed by atoms with Gasteiger partial charge in [-0.2, -0.15) is 13.2 Å². The smallest absolute Gasteiger partial charge is 0.450 e. The lowest BCUT2D eigenvalue weighted by Crippen LogP contribution is -2.18. The molecular formula is C28H23F3O7. The molecular weight excluding hydrogens is 505 g/mol. The Balaban J connectivity index is 1.67. The number of rotatable bonds is 7. The number of benzene rings is 3. The maximum atomic E-state index is 14.0. The Morgan fingerprint density at radius 1 is 0.868 bits per heavy atom. The molecule has 4 aromatic rings. The number of halogens is 3. The predicted octanol–water partition coefficient (Wildman–Crippen LogP) is 6.10. The highest BCUT2D eigenvalue weighted by atomic mass is 19.4. The molecule has 4 rings (SSSR count). The van der Waals surface area contributed by atoms with Crippen molar-refractivity contribution in [1.29, 1.82) is 0 Å². The Hall–Kier alpha value is -4.47. The van der Waals surface area contributed by atoms with E-state index in [0.717, 1.165) is 17.2 Å². The number of methoxy groups -OCH3 is 2. The van der Waals surface area contributed by atoms with E-state index >= 15 is 0 Å². The quantitative estimate of drug-likeness (QED) is 0.212. The number of esters is 1. The molecule has 0 aliphatic rings. The lowest BCUT2D eigenvalue weighted by molar-refractivity contribution is -0.152. The first-order chi connectivity index (χ1) is 18.0. The first kappa shape index (κ1) is 26.6. The van der Waals surface area contributed by atoms with Crippen molar-refractivity contribution in [3.05, 3.63) is 81.7 Å². The summed E-state index contributed by atoms with van der Waals surface area (Å²) in [5.74, 6) is -1.51. The molecule has 0 amide bonds. The largest absolute Gasteiger partial charge is 0.493 e. The van der Waals surface area contributed by atoms with Crippen molar-refractivity contribution in [2.75, 3.05) is 20.8 Å². The molecule has 0 unspecified atom stereocenters. The summed E-state index contributed by atoms with van der Waals surface area (Å²) in [6.07, 6.45) is -5.00. The average molecular weight is 528 g/mol. The van der Waals surface area contributed by atoms with Gasteiger partial charge in [-0.1, -0.05) is 12.1 Å². The molecule has 0 atom stereocenters. The van der Waals surface area contributed by atoms with E-state index in [0.29, 0.717) is 5.75 Å². The lowest BCUT2D eigenvalue weighted by atomic mass is 10.0. The van der Waals surface area contributed by atoms with Crippen LogP contribution in [0.5, 0.6) is 23.0 Å². The van der Waals surface area contributed by atoms with Gasteiger partial charge < -0.3 is 23.4 Å². The van der Waals surface area contributed by atoms with Crippen molar-refractivity contribution in [2.24, 2.45) is 0 Å². The van der Waals surface area contributed by atoms with Crippen LogP contribution in [0.25, 0.3) is 22.1 Å². The normalized spacial score (nSPS) is 11.3. The highest BCUT2D eigenvalue weighted by Crippen LogP contribution is 2.40. The van der Waals surface area contributed by atoms with Crippen molar-refractivity contribution in [1.82, 2.24) is 0 Å². The third kappa shape index (κ3) is 5.44. The fourth-order valence-corrected chi connectivity index (χ4v) is 3.80. The molecule has 0 aliphatic heterocycles. The van der Waals surface area contributed by atoms with Crippen molar-refractivity contribution in [2.45, 2.75) is 20.0 Å². The minimum Gasteiger partial charge on any atom is -0.493 e. The van der Waals surface area contributed by atoms with Crippen LogP contribution in [0.3, 0.4) is 0 Å². The number of hydrogen-bond donors (Lipinski definition) is 0. The fraction of sp³-hybridized carbons (Fsp3) is 0.214. The van der Waals surface area contributed by atoms with E-state index in [4.69, 9.17) is 23.4 Å². The number of carbonyl (C=O) groups excluding carboxylic acids is 1. The van der Waals surface area contributed by atoms with E-state index in [-0.39, 0.29) is 28.2 Å². The van der Waals surface area contributed by atoms with E-state index in [2.05, 4.69) is 0 Å². The zero-order valence-electron chi connectivity index (χ0n) is 20.9. The molecule has 0 N–H and O–H groups in total. The SMILES string of the molecule is COc1ccc(-c2c(C(F)(F)F)oc3cc(OC(=O)COc4ccc(C)c(C)c4)ccc3c2=O)cc1OC. The molecule has 10 heteroatoms. The lowest BCUT2D eigenvalue weighted by Gasteiger charge is -2.15. The second kappa shape index (κ2) is 10.5. The third-order valence-corrected chi connectivity index (χ3v) is 5.86. The van der Waals surface area contributed by atoms with Gasteiger partial charge in [-0.25, -0.2) is 4.79 Å². The van der Waals surface area contributed by atoms with Gasteiger partial charge in [0.1, 0.15) is 17.1 Å². The van der Waals surface area contributed by atoms with E-state index in [9.17, 15) is 22.8 Å². The van der Waals surface area contributed by atoms with Crippen LogP contribution < -0.4 is 24.4 Å². The van der Waals surface area contributed by atoms with E-state index in [1.165, 1.54) is 44.6 Å². The Labute approximate surface area is 215 Å². The number of aryl methyl sites for hydroxylation is 2. The Bertz CT molecular complexity index is 1570. The number of carbonyl (C=O) groups is 1. The van der Waals surface area contributed by atoms with Gasteiger partial charge >= 0.3 is 12.1 Å². The van der Waals surface area contributed by atoms with Crippen molar-refractivity contribution in [3.63, 3.8) is 0 Å². The molecule has 3 aromatic carbocycles. The fourth-order valence-electron chi connectivity index (χ4n) is 3.80. The Morgan fingerprint density at radius 2 is 1.58 bits per heavy atom. The van der Waals surface area contributed by atoms with Crippen molar-refractivity contribution < 1.29 is 41.3 Å². The summed E-state index contributed by atoms with van der Waals surface area (Å²) in [5.41, 5.74) is -0.0192. The van der Waals surface area contributed by atoms with Gasteiger partial charge in [0.2, 0.25) is 11.2 Å². The topological polar surface area (TPSA) is 84.2 Å². The van der Waals surface area contributed by atoms with Gasteiger partial charge in [-0.15, -0.1) is 0 Å². The Kier molecular flexibility index (Phi) is 7.34. The number of hydrogen-bond acceptors (Lipinski definition) is 7. The monoisotopic (exact) mass is 528 g/mol. The third-order valence-electron chi connectivity index (χ3n) is 5.86. The summed E-state index contributed by atoms with van der Waals surface area (Å²) in [4.78, 5) is 25.5. The summed E-state index contributed by atoms with van der Waals surface area (Å²) in [5, 5.41) is -0.131. The average Bonchev–Trinajstić information content (AvgIpc) is 2.88. The molecule has 7 nitrogen and oxygen atoms in total. The summed E-state index contributed by atoms with van der Waals surface area (Å²) >= 11 is 0. The van der Waals surface area contributed by atoms with Crippen LogP contribution in [0.2, 0.25) is 0 Å². The number of alkyl halides is 3. The second-order valence-electron chi connectivity index (χ2n) is 8.37. The van der Waals surface area contributed by atoms with Gasteiger partial charge in [-0.3, -0.25) is 4.79 Å². The molecule has 0 aliphatic carbocycles. The van der Waals surface area contributed by atoms with Crippen LogP contribution >= 0.6 is 0 Å². The van der Waals surface area contributed by atoms with Crippen molar-refractivity contribution in [3.8, 4) is 34.1 Å². The Morgan fingerprint density at radius 3 is 2.24 bits per heavy atom. The minimum atomic E-state index is -5.00. The molecule has 0 saturated carbocycles. The molecule has 0 spiro atoms. The van der Waals surface area contributed by atoms with Crippen LogP contribution in [0, 0.1) is 13.8 Å². The van der Waals surface area contributed by atoms with Gasteiger partial charge in [-0.05, 0) is 66.9 Å².